The highest BCUT2D eigenvalue weighted by Crippen LogP contribution is 2.31. The van der Waals surface area contributed by atoms with Gasteiger partial charge in [0.05, 0.1) is 21.3 Å². The zero-order chi connectivity index (χ0) is 14.8. The van der Waals surface area contributed by atoms with E-state index in [0.29, 0.717) is 22.1 Å². The number of aldehydes is 1. The van der Waals surface area contributed by atoms with Gasteiger partial charge in [-0.1, -0.05) is 23.7 Å². The fourth-order valence-electron chi connectivity index (χ4n) is 2.06. The maximum absolute atomic E-state index is 13.2. The first-order valence-corrected chi connectivity index (χ1v) is 7.38. The fraction of sp³-hybridized carbons (Fsp3) is 0.0667. The smallest absolute Gasteiger partial charge is 0.153 e. The van der Waals surface area contributed by atoms with Gasteiger partial charge in [-0.05, 0) is 29.8 Å². The van der Waals surface area contributed by atoms with E-state index in [1.807, 2.05) is 12.1 Å². The summed E-state index contributed by atoms with van der Waals surface area (Å²) in [4.78, 5) is 12.0. The van der Waals surface area contributed by atoms with Gasteiger partial charge in [-0.25, -0.2) is 4.39 Å². The molecule has 2 aromatic heterocycles. The van der Waals surface area contributed by atoms with Gasteiger partial charge in [0.25, 0.3) is 0 Å². The lowest BCUT2D eigenvalue weighted by molar-refractivity contribution is 0.112. The molecule has 3 nitrogen and oxygen atoms in total. The highest BCUT2D eigenvalue weighted by Gasteiger charge is 2.13. The molecule has 0 N–H and O–H groups in total. The molecule has 0 atom stereocenters. The van der Waals surface area contributed by atoms with Crippen molar-refractivity contribution < 1.29 is 9.18 Å². The summed E-state index contributed by atoms with van der Waals surface area (Å²) < 4.78 is 15.5. The first kappa shape index (κ1) is 14.0. The molecule has 0 aliphatic rings. The highest BCUT2D eigenvalue weighted by molar-refractivity contribution is 7.19. The summed E-state index contributed by atoms with van der Waals surface area (Å²) in [6.45, 7) is 0.401. The number of aromatic nitrogens is 2. The normalized spacial score (nSPS) is 10.8. The third-order valence-corrected chi connectivity index (χ3v) is 4.20. The Hall–Kier alpha value is -1.98. The Balaban J connectivity index is 1.94. The average Bonchev–Trinajstić information content (AvgIpc) is 3.05. The summed E-state index contributed by atoms with van der Waals surface area (Å²) >= 11 is 7.28. The number of benzene rings is 1. The van der Waals surface area contributed by atoms with Crippen LogP contribution < -0.4 is 0 Å². The van der Waals surface area contributed by atoms with Crippen LogP contribution in [0.3, 0.4) is 0 Å². The van der Waals surface area contributed by atoms with E-state index < -0.39 is 0 Å². The maximum Gasteiger partial charge on any atom is 0.153 e. The van der Waals surface area contributed by atoms with Crippen molar-refractivity contribution in [2.45, 2.75) is 6.54 Å². The van der Waals surface area contributed by atoms with Gasteiger partial charge in [0.15, 0.2) is 6.29 Å². The number of hydrogen-bond acceptors (Lipinski definition) is 3. The molecule has 2 heterocycles. The molecule has 0 fully saturated rings. The standard InChI is InChI=1S/C15H10ClFN2OS/c16-14-5-4-13(21-14)15-11(9-20)8-19(18-15)7-10-2-1-3-12(17)6-10/h1-6,8-9H,7H2. The molecule has 0 radical (unpaired) electrons. The lowest BCUT2D eigenvalue weighted by Gasteiger charge is -2.01. The van der Waals surface area contributed by atoms with Crippen LogP contribution in [0.4, 0.5) is 4.39 Å². The number of rotatable bonds is 4. The summed E-state index contributed by atoms with van der Waals surface area (Å²) in [5, 5.41) is 4.40. The number of nitrogens with zero attached hydrogens (tertiary/aromatic N) is 2. The van der Waals surface area contributed by atoms with E-state index in [1.165, 1.54) is 23.5 Å². The molecule has 0 amide bonds. The van der Waals surface area contributed by atoms with E-state index >= 15 is 0 Å². The Morgan fingerprint density at radius 3 is 2.86 bits per heavy atom. The monoisotopic (exact) mass is 320 g/mol. The molecule has 0 aliphatic carbocycles. The second-order valence-electron chi connectivity index (χ2n) is 4.48. The van der Waals surface area contributed by atoms with Crippen LogP contribution in [0, 0.1) is 5.82 Å². The van der Waals surface area contributed by atoms with Crippen molar-refractivity contribution in [2.75, 3.05) is 0 Å². The van der Waals surface area contributed by atoms with Crippen molar-refractivity contribution in [3.05, 3.63) is 63.9 Å². The number of carbonyl (C=O) groups is 1. The Kier molecular flexibility index (Phi) is 3.86. The molecule has 0 aliphatic heterocycles. The molecule has 0 saturated carbocycles. The molecular weight excluding hydrogens is 311 g/mol. The third kappa shape index (κ3) is 3.04. The van der Waals surface area contributed by atoms with Gasteiger partial charge < -0.3 is 0 Å². The summed E-state index contributed by atoms with van der Waals surface area (Å²) in [5.41, 5.74) is 1.87. The van der Waals surface area contributed by atoms with E-state index in [-0.39, 0.29) is 5.82 Å². The zero-order valence-corrected chi connectivity index (χ0v) is 12.4. The van der Waals surface area contributed by atoms with Gasteiger partial charge in [0.2, 0.25) is 0 Å². The van der Waals surface area contributed by atoms with Crippen molar-refractivity contribution in [1.82, 2.24) is 9.78 Å². The van der Waals surface area contributed by atoms with Crippen molar-refractivity contribution in [3.63, 3.8) is 0 Å². The Labute approximate surface area is 129 Å². The minimum absolute atomic E-state index is 0.291. The fourth-order valence-corrected chi connectivity index (χ4v) is 3.11. The predicted octanol–water partition coefficient (Wildman–Crippen LogP) is 4.26. The lowest BCUT2D eigenvalue weighted by atomic mass is 10.2. The van der Waals surface area contributed by atoms with Crippen LogP contribution in [0.15, 0.2) is 42.6 Å². The largest absolute Gasteiger partial charge is 0.298 e. The van der Waals surface area contributed by atoms with Gasteiger partial charge >= 0.3 is 0 Å². The van der Waals surface area contributed by atoms with Crippen molar-refractivity contribution in [2.24, 2.45) is 0 Å². The first-order chi connectivity index (χ1) is 10.2. The molecule has 3 aromatic rings. The van der Waals surface area contributed by atoms with Gasteiger partial charge in [0, 0.05) is 6.20 Å². The Bertz CT molecular complexity index is 797. The SMILES string of the molecule is O=Cc1cn(Cc2cccc(F)c2)nc1-c1ccc(Cl)s1. The van der Waals surface area contributed by atoms with Gasteiger partial charge in [-0.15, -0.1) is 11.3 Å². The number of halogens is 2. The first-order valence-electron chi connectivity index (χ1n) is 6.18. The van der Waals surface area contributed by atoms with E-state index in [4.69, 9.17) is 11.6 Å². The average molecular weight is 321 g/mol. The van der Waals surface area contributed by atoms with Crippen LogP contribution in [0.1, 0.15) is 15.9 Å². The highest BCUT2D eigenvalue weighted by atomic mass is 35.5. The van der Waals surface area contributed by atoms with E-state index in [2.05, 4.69) is 5.10 Å². The summed E-state index contributed by atoms with van der Waals surface area (Å²) in [6.07, 6.45) is 2.42. The van der Waals surface area contributed by atoms with Gasteiger partial charge in [-0.2, -0.15) is 5.10 Å². The zero-order valence-electron chi connectivity index (χ0n) is 10.8. The van der Waals surface area contributed by atoms with Crippen LogP contribution in [-0.2, 0) is 6.54 Å². The second kappa shape index (κ2) is 5.79. The molecule has 6 heteroatoms. The van der Waals surface area contributed by atoms with Crippen molar-refractivity contribution in [1.29, 1.82) is 0 Å². The second-order valence-corrected chi connectivity index (χ2v) is 6.20. The van der Waals surface area contributed by atoms with Crippen LogP contribution >= 0.6 is 22.9 Å². The topological polar surface area (TPSA) is 34.9 Å². The van der Waals surface area contributed by atoms with E-state index in [1.54, 1.807) is 23.0 Å². The molecule has 0 unspecified atom stereocenters. The van der Waals surface area contributed by atoms with Crippen LogP contribution in [0.5, 0.6) is 0 Å². The summed E-state index contributed by atoms with van der Waals surface area (Å²) in [5.74, 6) is -0.291. The van der Waals surface area contributed by atoms with Crippen LogP contribution in [-0.4, -0.2) is 16.1 Å². The Morgan fingerprint density at radius 1 is 1.33 bits per heavy atom. The molecule has 1 aromatic carbocycles. The van der Waals surface area contributed by atoms with E-state index in [9.17, 15) is 9.18 Å². The minimum Gasteiger partial charge on any atom is -0.298 e. The maximum atomic E-state index is 13.2. The van der Waals surface area contributed by atoms with Gasteiger partial charge in [0.1, 0.15) is 11.5 Å². The molecule has 21 heavy (non-hydrogen) atoms. The number of hydrogen-bond donors (Lipinski definition) is 0. The Morgan fingerprint density at radius 2 is 2.19 bits per heavy atom. The lowest BCUT2D eigenvalue weighted by Crippen LogP contribution is -2.00. The number of thiophene rings is 1. The molecule has 0 bridgehead atoms. The quantitative estimate of drug-likeness (QED) is 0.673. The van der Waals surface area contributed by atoms with Gasteiger partial charge in [-0.3, -0.25) is 9.48 Å². The minimum atomic E-state index is -0.291. The molecule has 0 spiro atoms. The molecule has 106 valence electrons. The number of carbonyl (C=O) groups excluding carboxylic acids is 1. The van der Waals surface area contributed by atoms with Crippen molar-refractivity contribution >= 4 is 29.2 Å². The third-order valence-electron chi connectivity index (χ3n) is 2.96. The van der Waals surface area contributed by atoms with Crippen LogP contribution in [0.25, 0.3) is 10.6 Å². The summed E-state index contributed by atoms with van der Waals surface area (Å²) in [7, 11) is 0. The molecule has 0 saturated heterocycles. The summed E-state index contributed by atoms with van der Waals surface area (Å²) in [6, 6.07) is 9.89. The molecule has 3 rings (SSSR count). The van der Waals surface area contributed by atoms with Crippen molar-refractivity contribution in [3.8, 4) is 10.6 Å². The predicted molar refractivity (Wildman–Crippen MR) is 81.4 cm³/mol. The molecular formula is C15H10ClFN2OS. The van der Waals surface area contributed by atoms with E-state index in [0.717, 1.165) is 16.7 Å². The van der Waals surface area contributed by atoms with Crippen LogP contribution in [0.2, 0.25) is 4.34 Å².